The number of rotatable bonds is 5. The zero-order chi connectivity index (χ0) is 14.5. The minimum Gasteiger partial charge on any atom is -0.507 e. The molecule has 0 aliphatic carbocycles. The van der Waals surface area contributed by atoms with Crippen molar-refractivity contribution < 1.29 is 14.6 Å². The first kappa shape index (κ1) is 14.5. The fraction of sp³-hybridized carbons (Fsp3) is 0.188. The molecular weight excluding hydrogens is 272 g/mol. The molecule has 0 heterocycles. The Balaban J connectivity index is 2.17. The van der Waals surface area contributed by atoms with Crippen molar-refractivity contribution in [3.63, 3.8) is 0 Å². The van der Waals surface area contributed by atoms with Crippen LogP contribution < -0.4 is 0 Å². The lowest BCUT2D eigenvalue weighted by molar-refractivity contribution is -0.138. The van der Waals surface area contributed by atoms with Crippen molar-refractivity contribution in [3.05, 3.63) is 48.6 Å². The summed E-state index contributed by atoms with van der Waals surface area (Å²) in [5, 5.41) is 11.6. The molecular formula is C16H16O3S. The Hall–Kier alpha value is -1.94. The average molecular weight is 288 g/mol. The number of phenolic OH excluding ortho intramolecular Hbond substituents is 1. The quantitative estimate of drug-likeness (QED) is 0.517. The van der Waals surface area contributed by atoms with Gasteiger partial charge in [0.15, 0.2) is 0 Å². The first-order valence-corrected chi connectivity index (χ1v) is 7.30. The second-order valence-electron chi connectivity index (χ2n) is 4.24. The molecule has 0 fully saturated rings. The number of esters is 1. The molecule has 2 rings (SSSR count). The molecule has 0 unspecified atom stereocenters. The van der Waals surface area contributed by atoms with Gasteiger partial charge in [-0.3, -0.25) is 0 Å². The van der Waals surface area contributed by atoms with Crippen LogP contribution >= 0.6 is 11.8 Å². The molecule has 0 radical (unpaired) electrons. The number of hydrogen-bond acceptors (Lipinski definition) is 4. The van der Waals surface area contributed by atoms with E-state index >= 15 is 0 Å². The number of aromatic hydroxyl groups is 1. The van der Waals surface area contributed by atoms with Crippen molar-refractivity contribution in [1.29, 1.82) is 0 Å². The third-order valence-corrected chi connectivity index (χ3v) is 3.99. The fourth-order valence-electron chi connectivity index (χ4n) is 1.84. The third kappa shape index (κ3) is 3.14. The Kier molecular flexibility index (Phi) is 4.69. The highest BCUT2D eigenvalue weighted by molar-refractivity contribution is 7.99. The van der Waals surface area contributed by atoms with Crippen molar-refractivity contribution in [3.8, 4) is 5.75 Å². The number of carbonyl (C=O) groups excluding carboxylic acids is 1. The monoisotopic (exact) mass is 288 g/mol. The molecule has 20 heavy (non-hydrogen) atoms. The predicted molar refractivity (Wildman–Crippen MR) is 82.1 cm³/mol. The van der Waals surface area contributed by atoms with E-state index in [1.165, 1.54) is 11.8 Å². The smallest absolute Gasteiger partial charge is 0.334 e. The van der Waals surface area contributed by atoms with Crippen LogP contribution in [0, 0.1) is 0 Å². The SMILES string of the molecule is C=C(CSc1ccc(O)c2ccccc12)C(=O)OCC. The van der Waals surface area contributed by atoms with Gasteiger partial charge in [0.2, 0.25) is 0 Å². The van der Waals surface area contributed by atoms with Gasteiger partial charge in [-0.1, -0.05) is 30.8 Å². The summed E-state index contributed by atoms with van der Waals surface area (Å²) < 4.78 is 4.91. The van der Waals surface area contributed by atoms with Gasteiger partial charge in [0.25, 0.3) is 0 Å². The van der Waals surface area contributed by atoms with E-state index in [4.69, 9.17) is 4.74 Å². The molecule has 0 aromatic heterocycles. The van der Waals surface area contributed by atoms with Gasteiger partial charge in [-0.25, -0.2) is 4.79 Å². The molecule has 1 N–H and O–H groups in total. The van der Waals surface area contributed by atoms with Crippen molar-refractivity contribution in [2.24, 2.45) is 0 Å². The normalized spacial score (nSPS) is 10.4. The van der Waals surface area contributed by atoms with Crippen LogP contribution in [0.25, 0.3) is 10.8 Å². The van der Waals surface area contributed by atoms with Crippen LogP contribution in [-0.2, 0) is 9.53 Å². The summed E-state index contributed by atoms with van der Waals surface area (Å²) in [5.41, 5.74) is 0.439. The maximum absolute atomic E-state index is 11.5. The number of thioether (sulfide) groups is 1. The van der Waals surface area contributed by atoms with Crippen LogP contribution in [0.2, 0.25) is 0 Å². The van der Waals surface area contributed by atoms with E-state index in [-0.39, 0.29) is 11.7 Å². The molecule has 0 saturated carbocycles. The standard InChI is InChI=1S/C16H16O3S/c1-3-19-16(18)11(2)10-20-15-9-8-14(17)12-6-4-5-7-13(12)15/h4-9,17H,2-3,10H2,1H3. The van der Waals surface area contributed by atoms with Gasteiger partial charge in [0.1, 0.15) is 5.75 Å². The Morgan fingerprint density at radius 3 is 2.65 bits per heavy atom. The summed E-state index contributed by atoms with van der Waals surface area (Å²) in [6, 6.07) is 11.1. The summed E-state index contributed by atoms with van der Waals surface area (Å²) in [4.78, 5) is 12.5. The molecule has 0 saturated heterocycles. The number of ether oxygens (including phenoxy) is 1. The Bertz CT molecular complexity index is 649. The molecule has 0 amide bonds. The van der Waals surface area contributed by atoms with Crippen molar-refractivity contribution in [2.45, 2.75) is 11.8 Å². The fourth-order valence-corrected chi connectivity index (χ4v) is 2.78. The van der Waals surface area contributed by atoms with Gasteiger partial charge >= 0.3 is 5.97 Å². The second kappa shape index (κ2) is 6.48. The van der Waals surface area contributed by atoms with Crippen LogP contribution in [-0.4, -0.2) is 23.4 Å². The largest absolute Gasteiger partial charge is 0.507 e. The van der Waals surface area contributed by atoms with E-state index < -0.39 is 0 Å². The van der Waals surface area contributed by atoms with Gasteiger partial charge in [0, 0.05) is 21.6 Å². The molecule has 0 bridgehead atoms. The van der Waals surface area contributed by atoms with E-state index in [9.17, 15) is 9.90 Å². The minimum atomic E-state index is -0.358. The van der Waals surface area contributed by atoms with Crippen LogP contribution in [0.3, 0.4) is 0 Å². The van der Waals surface area contributed by atoms with Crippen molar-refractivity contribution >= 4 is 28.5 Å². The van der Waals surface area contributed by atoms with Crippen LogP contribution in [0.5, 0.6) is 5.75 Å². The van der Waals surface area contributed by atoms with Crippen molar-refractivity contribution in [1.82, 2.24) is 0 Å². The van der Waals surface area contributed by atoms with Gasteiger partial charge in [-0.15, -0.1) is 11.8 Å². The number of fused-ring (bicyclic) bond motifs is 1. The number of carbonyl (C=O) groups is 1. The lowest BCUT2D eigenvalue weighted by atomic mass is 10.1. The molecule has 2 aromatic carbocycles. The Morgan fingerprint density at radius 2 is 1.95 bits per heavy atom. The average Bonchev–Trinajstić information content (AvgIpc) is 2.47. The highest BCUT2D eigenvalue weighted by Gasteiger charge is 2.10. The summed E-state index contributed by atoms with van der Waals surface area (Å²) in [7, 11) is 0. The lowest BCUT2D eigenvalue weighted by Crippen LogP contribution is -2.08. The molecule has 0 atom stereocenters. The van der Waals surface area contributed by atoms with Gasteiger partial charge < -0.3 is 9.84 Å². The third-order valence-electron chi connectivity index (χ3n) is 2.83. The number of hydrogen-bond donors (Lipinski definition) is 1. The van der Waals surface area contributed by atoms with Gasteiger partial charge in [-0.2, -0.15) is 0 Å². The number of benzene rings is 2. The second-order valence-corrected chi connectivity index (χ2v) is 5.26. The lowest BCUT2D eigenvalue weighted by Gasteiger charge is -2.09. The topological polar surface area (TPSA) is 46.5 Å². The molecule has 4 heteroatoms. The van der Waals surface area contributed by atoms with E-state index in [0.29, 0.717) is 17.9 Å². The Labute approximate surface area is 122 Å². The first-order valence-electron chi connectivity index (χ1n) is 6.32. The summed E-state index contributed by atoms with van der Waals surface area (Å²) in [5.74, 6) is 0.366. The summed E-state index contributed by atoms with van der Waals surface area (Å²) in [6.45, 7) is 5.86. The van der Waals surface area contributed by atoms with Crippen LogP contribution in [0.4, 0.5) is 0 Å². The summed E-state index contributed by atoms with van der Waals surface area (Å²) >= 11 is 1.51. The molecule has 0 aliphatic heterocycles. The Morgan fingerprint density at radius 1 is 1.25 bits per heavy atom. The van der Waals surface area contributed by atoms with E-state index in [2.05, 4.69) is 6.58 Å². The maximum Gasteiger partial charge on any atom is 0.334 e. The molecule has 0 spiro atoms. The predicted octanol–water partition coefficient (Wildman–Crippen LogP) is 3.76. The molecule has 0 aliphatic rings. The van der Waals surface area contributed by atoms with Crippen molar-refractivity contribution in [2.75, 3.05) is 12.4 Å². The highest BCUT2D eigenvalue weighted by Crippen LogP contribution is 2.33. The van der Waals surface area contributed by atoms with Gasteiger partial charge in [-0.05, 0) is 24.4 Å². The van der Waals surface area contributed by atoms with E-state index in [1.807, 2.05) is 30.3 Å². The molecule has 3 nitrogen and oxygen atoms in total. The zero-order valence-corrected chi connectivity index (χ0v) is 12.1. The molecule has 2 aromatic rings. The summed E-state index contributed by atoms with van der Waals surface area (Å²) in [6.07, 6.45) is 0. The highest BCUT2D eigenvalue weighted by atomic mass is 32.2. The maximum atomic E-state index is 11.5. The van der Waals surface area contributed by atoms with Crippen LogP contribution in [0.1, 0.15) is 6.92 Å². The zero-order valence-electron chi connectivity index (χ0n) is 11.3. The van der Waals surface area contributed by atoms with Gasteiger partial charge in [0.05, 0.1) is 6.61 Å². The van der Waals surface area contributed by atoms with E-state index in [0.717, 1.165) is 15.7 Å². The first-order chi connectivity index (χ1) is 9.63. The molecule has 104 valence electrons. The number of phenols is 1. The van der Waals surface area contributed by atoms with Crippen LogP contribution in [0.15, 0.2) is 53.4 Å². The minimum absolute atomic E-state index is 0.258. The van der Waals surface area contributed by atoms with E-state index in [1.54, 1.807) is 13.0 Å².